The molecule has 0 aliphatic rings. The molecule has 0 atom stereocenters. The number of thiophene rings is 1. The van der Waals surface area contributed by atoms with Gasteiger partial charge in [0.05, 0.1) is 33.8 Å². The molecule has 0 saturated carbocycles. The molecule has 0 unspecified atom stereocenters. The lowest BCUT2D eigenvalue weighted by molar-refractivity contribution is 0.0527. The lowest BCUT2D eigenvalue weighted by atomic mass is 10.0. The molecule has 4 rings (SSSR count). The van der Waals surface area contributed by atoms with Crippen molar-refractivity contribution < 1.29 is 19.1 Å². The summed E-state index contributed by atoms with van der Waals surface area (Å²) >= 11 is 0.954. The third-order valence-electron chi connectivity index (χ3n) is 5.11. The summed E-state index contributed by atoms with van der Waals surface area (Å²) < 4.78 is 5.13. The second-order valence-corrected chi connectivity index (χ2v) is 8.26. The molecule has 4 aromatic rings. The number of amides is 2. The van der Waals surface area contributed by atoms with Crippen molar-refractivity contribution in [1.82, 2.24) is 4.98 Å². The van der Waals surface area contributed by atoms with Crippen LogP contribution in [0.5, 0.6) is 0 Å². The normalized spacial score (nSPS) is 10.7. The SMILES string of the molecule is CCOC(=O)c1c(NC(=O)c2cc(-c3ccccc3)nc3ccccc23)sc(C(N)=O)c1C. The molecule has 2 aromatic carbocycles. The van der Waals surface area contributed by atoms with Crippen LogP contribution < -0.4 is 11.1 Å². The van der Waals surface area contributed by atoms with E-state index >= 15 is 0 Å². The summed E-state index contributed by atoms with van der Waals surface area (Å²) in [5, 5.41) is 3.67. The Morgan fingerprint density at radius 1 is 1.06 bits per heavy atom. The molecule has 2 heterocycles. The highest BCUT2D eigenvalue weighted by Crippen LogP contribution is 2.34. The number of anilines is 1. The summed E-state index contributed by atoms with van der Waals surface area (Å²) in [6, 6.07) is 18.6. The van der Waals surface area contributed by atoms with Crippen LogP contribution in [0.2, 0.25) is 0 Å². The van der Waals surface area contributed by atoms with Crippen LogP contribution >= 0.6 is 11.3 Å². The van der Waals surface area contributed by atoms with Crippen molar-refractivity contribution in [3.8, 4) is 11.3 Å². The largest absolute Gasteiger partial charge is 0.462 e. The van der Waals surface area contributed by atoms with Crippen LogP contribution in [-0.2, 0) is 4.74 Å². The van der Waals surface area contributed by atoms with E-state index in [9.17, 15) is 14.4 Å². The summed E-state index contributed by atoms with van der Waals surface area (Å²) in [4.78, 5) is 42.7. The Labute approximate surface area is 194 Å². The zero-order valence-electron chi connectivity index (χ0n) is 18.0. The van der Waals surface area contributed by atoms with Crippen LogP contribution in [0.25, 0.3) is 22.2 Å². The number of ether oxygens (including phenoxy) is 1. The van der Waals surface area contributed by atoms with E-state index in [1.165, 1.54) is 0 Å². The van der Waals surface area contributed by atoms with Gasteiger partial charge in [0.15, 0.2) is 0 Å². The lowest BCUT2D eigenvalue weighted by Crippen LogP contribution is -2.16. The van der Waals surface area contributed by atoms with Crippen LogP contribution in [0, 0.1) is 6.92 Å². The van der Waals surface area contributed by atoms with Gasteiger partial charge in [-0.2, -0.15) is 0 Å². The number of hydrogen-bond acceptors (Lipinski definition) is 6. The fraction of sp³-hybridized carbons (Fsp3) is 0.120. The molecule has 33 heavy (non-hydrogen) atoms. The van der Waals surface area contributed by atoms with E-state index in [4.69, 9.17) is 15.5 Å². The Balaban J connectivity index is 1.81. The van der Waals surface area contributed by atoms with E-state index in [2.05, 4.69) is 5.32 Å². The topological polar surface area (TPSA) is 111 Å². The zero-order valence-corrected chi connectivity index (χ0v) is 18.9. The summed E-state index contributed by atoms with van der Waals surface area (Å²) in [7, 11) is 0. The van der Waals surface area contributed by atoms with Crippen molar-refractivity contribution in [2.75, 3.05) is 11.9 Å². The Morgan fingerprint density at radius 3 is 2.45 bits per heavy atom. The Bertz CT molecular complexity index is 1380. The smallest absolute Gasteiger partial charge is 0.341 e. The number of hydrogen-bond donors (Lipinski definition) is 2. The average molecular weight is 460 g/mol. The summed E-state index contributed by atoms with van der Waals surface area (Å²) in [6.45, 7) is 3.44. The number of nitrogens with one attached hydrogen (secondary N) is 1. The Kier molecular flexibility index (Phi) is 6.19. The number of fused-ring (bicyclic) bond motifs is 1. The minimum absolute atomic E-state index is 0.130. The number of aromatic nitrogens is 1. The first-order valence-electron chi connectivity index (χ1n) is 10.3. The summed E-state index contributed by atoms with van der Waals surface area (Å²) in [5.41, 5.74) is 8.54. The lowest BCUT2D eigenvalue weighted by Gasteiger charge is -2.11. The molecule has 0 bridgehead atoms. The number of esters is 1. The number of benzene rings is 2. The van der Waals surface area contributed by atoms with Crippen molar-refractivity contribution in [2.45, 2.75) is 13.8 Å². The van der Waals surface area contributed by atoms with Crippen molar-refractivity contribution in [1.29, 1.82) is 0 Å². The maximum Gasteiger partial charge on any atom is 0.341 e. The maximum atomic E-state index is 13.4. The van der Waals surface area contributed by atoms with Crippen LogP contribution in [-0.4, -0.2) is 29.4 Å². The fourth-order valence-electron chi connectivity index (χ4n) is 3.58. The highest BCUT2D eigenvalue weighted by molar-refractivity contribution is 7.18. The summed E-state index contributed by atoms with van der Waals surface area (Å²) in [5.74, 6) is -1.74. The number of rotatable bonds is 6. The van der Waals surface area contributed by atoms with Gasteiger partial charge in [0.1, 0.15) is 5.00 Å². The van der Waals surface area contributed by atoms with E-state index in [0.717, 1.165) is 16.9 Å². The third-order valence-corrected chi connectivity index (χ3v) is 6.33. The number of carbonyl (C=O) groups is 3. The van der Waals surface area contributed by atoms with Gasteiger partial charge in [0.25, 0.3) is 11.8 Å². The van der Waals surface area contributed by atoms with E-state index < -0.39 is 17.8 Å². The molecule has 0 saturated heterocycles. The minimum atomic E-state index is -0.677. The van der Waals surface area contributed by atoms with Crippen LogP contribution in [0.15, 0.2) is 60.7 Å². The molecule has 0 spiro atoms. The molecule has 0 aliphatic carbocycles. The monoisotopic (exact) mass is 459 g/mol. The van der Waals surface area contributed by atoms with Crippen molar-refractivity contribution in [3.05, 3.63) is 82.2 Å². The van der Waals surface area contributed by atoms with E-state index in [-0.39, 0.29) is 22.0 Å². The Hall–Kier alpha value is -4.04. The molecule has 7 nitrogen and oxygen atoms in total. The number of nitrogens with two attached hydrogens (primary N) is 1. The van der Waals surface area contributed by atoms with Crippen molar-refractivity contribution in [2.24, 2.45) is 5.73 Å². The molecular formula is C25H21N3O4S. The molecule has 3 N–H and O–H groups in total. The third kappa shape index (κ3) is 4.33. The number of para-hydroxylation sites is 1. The number of pyridine rings is 1. The van der Waals surface area contributed by atoms with Crippen LogP contribution in [0.1, 0.15) is 42.9 Å². The molecule has 166 valence electrons. The summed E-state index contributed by atoms with van der Waals surface area (Å²) in [6.07, 6.45) is 0. The molecule has 0 fully saturated rings. The van der Waals surface area contributed by atoms with Gasteiger partial charge >= 0.3 is 5.97 Å². The van der Waals surface area contributed by atoms with Gasteiger partial charge in [0.2, 0.25) is 0 Å². The first kappa shape index (κ1) is 22.2. The van der Waals surface area contributed by atoms with Gasteiger partial charge < -0.3 is 15.8 Å². The predicted octanol–water partition coefficient (Wildman–Crippen LogP) is 4.80. The van der Waals surface area contributed by atoms with Gasteiger partial charge in [-0.25, -0.2) is 9.78 Å². The van der Waals surface area contributed by atoms with E-state index in [1.807, 2.05) is 54.6 Å². The number of nitrogens with zero attached hydrogens (tertiary/aromatic N) is 1. The van der Waals surface area contributed by atoms with Gasteiger partial charge in [-0.3, -0.25) is 9.59 Å². The zero-order chi connectivity index (χ0) is 23.5. The maximum absolute atomic E-state index is 13.4. The molecular weight excluding hydrogens is 438 g/mol. The van der Waals surface area contributed by atoms with Crippen molar-refractivity contribution >= 4 is 45.0 Å². The minimum Gasteiger partial charge on any atom is -0.462 e. The van der Waals surface area contributed by atoms with Gasteiger partial charge in [-0.1, -0.05) is 48.5 Å². The van der Waals surface area contributed by atoms with Crippen molar-refractivity contribution in [3.63, 3.8) is 0 Å². The number of carbonyl (C=O) groups excluding carboxylic acids is 3. The fourth-order valence-corrected chi connectivity index (χ4v) is 4.62. The van der Waals surface area contributed by atoms with E-state index in [0.29, 0.717) is 27.7 Å². The van der Waals surface area contributed by atoms with Crippen LogP contribution in [0.4, 0.5) is 5.00 Å². The molecule has 0 radical (unpaired) electrons. The quantitative estimate of drug-likeness (QED) is 0.402. The second kappa shape index (κ2) is 9.22. The first-order chi connectivity index (χ1) is 15.9. The standard InChI is InChI=1S/C25H21N3O4S/c1-3-32-25(31)20-14(2)21(22(26)29)33-24(20)28-23(30)17-13-19(15-9-5-4-6-10-15)27-18-12-8-7-11-16(17)18/h4-13H,3H2,1-2H3,(H2,26,29)(H,28,30). The Morgan fingerprint density at radius 2 is 1.76 bits per heavy atom. The second-order valence-electron chi connectivity index (χ2n) is 7.24. The molecule has 8 heteroatoms. The molecule has 2 aromatic heterocycles. The molecule has 2 amide bonds. The number of primary amides is 1. The predicted molar refractivity (Wildman–Crippen MR) is 129 cm³/mol. The van der Waals surface area contributed by atoms with Gasteiger partial charge in [0, 0.05) is 10.9 Å². The van der Waals surface area contributed by atoms with Crippen LogP contribution in [0.3, 0.4) is 0 Å². The average Bonchev–Trinajstić information content (AvgIpc) is 3.15. The van der Waals surface area contributed by atoms with Gasteiger partial charge in [-0.15, -0.1) is 11.3 Å². The molecule has 0 aliphatic heterocycles. The van der Waals surface area contributed by atoms with E-state index in [1.54, 1.807) is 19.9 Å². The first-order valence-corrected chi connectivity index (χ1v) is 11.1. The highest BCUT2D eigenvalue weighted by atomic mass is 32.1. The highest BCUT2D eigenvalue weighted by Gasteiger charge is 2.26. The van der Waals surface area contributed by atoms with Gasteiger partial charge in [-0.05, 0) is 31.5 Å².